The Balaban J connectivity index is 2.03. The quantitative estimate of drug-likeness (QED) is 0.758. The average molecular weight is 236 g/mol. The predicted octanol–water partition coefficient (Wildman–Crippen LogP) is 3.73. The molecule has 2 aliphatic rings. The molecule has 2 rings (SSSR count). The number of hydrogen-bond acceptors (Lipinski definition) is 1. The number of fused-ring (bicyclic) bond motifs is 1. The van der Waals surface area contributed by atoms with Crippen LogP contribution in [0.5, 0.6) is 0 Å². The van der Waals surface area contributed by atoms with Crippen molar-refractivity contribution >= 4 is 5.97 Å². The Bertz CT molecular complexity index is 308. The molecule has 0 heterocycles. The molecule has 0 saturated heterocycles. The molecule has 2 aliphatic carbocycles. The van der Waals surface area contributed by atoms with E-state index in [1.807, 2.05) is 0 Å². The van der Waals surface area contributed by atoms with Gasteiger partial charge in [0.15, 0.2) is 0 Å². The molecule has 0 bridgehead atoms. The van der Waals surface area contributed by atoms with Crippen LogP contribution < -0.4 is 0 Å². The molecule has 0 spiro atoms. The lowest BCUT2D eigenvalue weighted by molar-refractivity contribution is -0.137. The van der Waals surface area contributed by atoms with Crippen LogP contribution in [0.4, 0.5) is 0 Å². The van der Waals surface area contributed by atoms with Crippen LogP contribution in [-0.4, -0.2) is 11.1 Å². The van der Waals surface area contributed by atoms with E-state index in [1.54, 1.807) is 0 Å². The Kier molecular flexibility index (Phi) is 3.90. The van der Waals surface area contributed by atoms with Crippen LogP contribution in [-0.2, 0) is 4.79 Å². The van der Waals surface area contributed by atoms with Crippen LogP contribution in [0.3, 0.4) is 0 Å². The summed E-state index contributed by atoms with van der Waals surface area (Å²) in [6.07, 6.45) is 9.85. The number of rotatable bonds is 3. The number of carbonyl (C=O) groups is 1. The fourth-order valence-electron chi connectivity index (χ4n) is 3.82. The first-order valence-electron chi connectivity index (χ1n) is 6.98. The third kappa shape index (κ3) is 2.91. The van der Waals surface area contributed by atoms with Gasteiger partial charge in [0.2, 0.25) is 0 Å². The van der Waals surface area contributed by atoms with E-state index in [-0.39, 0.29) is 0 Å². The van der Waals surface area contributed by atoms with Crippen LogP contribution in [0.15, 0.2) is 12.2 Å². The maximum absolute atomic E-state index is 10.7. The highest BCUT2D eigenvalue weighted by Crippen LogP contribution is 2.46. The molecule has 0 aliphatic heterocycles. The summed E-state index contributed by atoms with van der Waals surface area (Å²) < 4.78 is 0. The molecule has 2 heteroatoms. The summed E-state index contributed by atoms with van der Waals surface area (Å²) in [5, 5.41) is 8.85. The highest BCUT2D eigenvalue weighted by atomic mass is 16.4. The molecular weight excluding hydrogens is 212 g/mol. The molecule has 0 aromatic heterocycles. The van der Waals surface area contributed by atoms with Crippen LogP contribution in [0.2, 0.25) is 0 Å². The molecule has 0 aromatic carbocycles. The standard InChI is InChI=1S/C15H24O2/c1-10-3-6-14-12(9-10)5-4-11(2)13(14)7-8-15(16)17/h4-5,10-14H,3,6-9H2,1-2H3,(H,16,17). The van der Waals surface area contributed by atoms with Gasteiger partial charge < -0.3 is 5.11 Å². The van der Waals surface area contributed by atoms with Gasteiger partial charge in [0.1, 0.15) is 0 Å². The number of allylic oxidation sites excluding steroid dienone is 2. The van der Waals surface area contributed by atoms with Crippen molar-refractivity contribution in [3.8, 4) is 0 Å². The number of carboxylic acids is 1. The Labute approximate surface area is 104 Å². The highest BCUT2D eigenvalue weighted by molar-refractivity contribution is 5.66. The van der Waals surface area contributed by atoms with E-state index in [2.05, 4.69) is 26.0 Å². The number of hydrogen-bond donors (Lipinski definition) is 1. The fourth-order valence-corrected chi connectivity index (χ4v) is 3.82. The molecule has 1 saturated carbocycles. The van der Waals surface area contributed by atoms with E-state index in [0.717, 1.165) is 18.3 Å². The van der Waals surface area contributed by atoms with Crippen molar-refractivity contribution in [3.05, 3.63) is 12.2 Å². The smallest absolute Gasteiger partial charge is 0.303 e. The van der Waals surface area contributed by atoms with Crippen molar-refractivity contribution in [1.29, 1.82) is 0 Å². The van der Waals surface area contributed by atoms with Crippen LogP contribution in [0.25, 0.3) is 0 Å². The van der Waals surface area contributed by atoms with Crippen molar-refractivity contribution in [2.75, 3.05) is 0 Å². The van der Waals surface area contributed by atoms with E-state index in [1.165, 1.54) is 19.3 Å². The summed E-state index contributed by atoms with van der Waals surface area (Å²) in [4.78, 5) is 10.7. The van der Waals surface area contributed by atoms with E-state index < -0.39 is 5.97 Å². The van der Waals surface area contributed by atoms with Crippen molar-refractivity contribution in [3.63, 3.8) is 0 Å². The van der Waals surface area contributed by atoms with Crippen molar-refractivity contribution in [1.82, 2.24) is 0 Å². The van der Waals surface area contributed by atoms with Gasteiger partial charge in [-0.05, 0) is 48.9 Å². The van der Waals surface area contributed by atoms with E-state index >= 15 is 0 Å². The van der Waals surface area contributed by atoms with Gasteiger partial charge in [-0.15, -0.1) is 0 Å². The molecule has 2 nitrogen and oxygen atoms in total. The monoisotopic (exact) mass is 236 g/mol. The zero-order valence-electron chi connectivity index (χ0n) is 10.9. The Morgan fingerprint density at radius 2 is 2.06 bits per heavy atom. The summed E-state index contributed by atoms with van der Waals surface area (Å²) in [5.74, 6) is 2.80. The molecule has 96 valence electrons. The molecule has 1 N–H and O–H groups in total. The van der Waals surface area contributed by atoms with Crippen LogP contribution in [0, 0.1) is 29.6 Å². The highest BCUT2D eigenvalue weighted by Gasteiger charge is 2.37. The second-order valence-corrected chi connectivity index (χ2v) is 6.09. The zero-order valence-corrected chi connectivity index (χ0v) is 10.9. The molecule has 5 unspecified atom stereocenters. The van der Waals surface area contributed by atoms with Crippen molar-refractivity contribution in [2.24, 2.45) is 29.6 Å². The maximum Gasteiger partial charge on any atom is 0.303 e. The second kappa shape index (κ2) is 5.24. The second-order valence-electron chi connectivity index (χ2n) is 6.09. The molecule has 5 atom stereocenters. The Morgan fingerprint density at radius 1 is 1.29 bits per heavy atom. The van der Waals surface area contributed by atoms with Crippen molar-refractivity contribution < 1.29 is 9.90 Å². The topological polar surface area (TPSA) is 37.3 Å². The first-order valence-corrected chi connectivity index (χ1v) is 6.98. The van der Waals surface area contributed by atoms with Crippen molar-refractivity contribution in [2.45, 2.75) is 46.0 Å². The molecule has 0 amide bonds. The Hall–Kier alpha value is -0.790. The maximum atomic E-state index is 10.7. The third-order valence-corrected chi connectivity index (χ3v) is 4.80. The van der Waals surface area contributed by atoms with Gasteiger partial charge in [-0.25, -0.2) is 0 Å². The van der Waals surface area contributed by atoms with Gasteiger partial charge in [-0.1, -0.05) is 32.4 Å². The molecule has 0 radical (unpaired) electrons. The molecule has 17 heavy (non-hydrogen) atoms. The summed E-state index contributed by atoms with van der Waals surface area (Å²) in [5.41, 5.74) is 0. The lowest BCUT2D eigenvalue weighted by atomic mass is 9.62. The number of carboxylic acid groups (broad SMARTS) is 1. The first kappa shape index (κ1) is 12.7. The molecule has 1 fully saturated rings. The van der Waals surface area contributed by atoms with Crippen LogP contribution in [0.1, 0.15) is 46.0 Å². The minimum absolute atomic E-state index is 0.335. The summed E-state index contributed by atoms with van der Waals surface area (Å²) in [7, 11) is 0. The average Bonchev–Trinajstić information content (AvgIpc) is 2.27. The molecular formula is C15H24O2. The summed E-state index contributed by atoms with van der Waals surface area (Å²) in [6, 6.07) is 0. The predicted molar refractivity (Wildman–Crippen MR) is 68.7 cm³/mol. The van der Waals surface area contributed by atoms with Gasteiger partial charge in [-0.3, -0.25) is 4.79 Å². The first-order chi connectivity index (χ1) is 8.08. The van der Waals surface area contributed by atoms with Crippen LogP contribution >= 0.6 is 0 Å². The van der Waals surface area contributed by atoms with Gasteiger partial charge in [0, 0.05) is 6.42 Å². The lowest BCUT2D eigenvalue weighted by Gasteiger charge is -2.43. The normalized spacial score (nSPS) is 40.9. The van der Waals surface area contributed by atoms with E-state index in [4.69, 9.17) is 5.11 Å². The van der Waals surface area contributed by atoms with Gasteiger partial charge in [0.05, 0.1) is 0 Å². The van der Waals surface area contributed by atoms with E-state index in [0.29, 0.717) is 24.2 Å². The minimum atomic E-state index is -0.646. The van der Waals surface area contributed by atoms with Gasteiger partial charge in [0.25, 0.3) is 0 Å². The Morgan fingerprint density at radius 3 is 2.76 bits per heavy atom. The largest absolute Gasteiger partial charge is 0.481 e. The lowest BCUT2D eigenvalue weighted by Crippen LogP contribution is -2.34. The SMILES string of the molecule is CC1CCC2C(C=CC(C)C2CCC(=O)O)C1. The van der Waals surface area contributed by atoms with Gasteiger partial charge >= 0.3 is 5.97 Å². The van der Waals surface area contributed by atoms with E-state index in [9.17, 15) is 4.79 Å². The summed E-state index contributed by atoms with van der Waals surface area (Å²) >= 11 is 0. The third-order valence-electron chi connectivity index (χ3n) is 4.80. The number of aliphatic carboxylic acids is 1. The van der Waals surface area contributed by atoms with Gasteiger partial charge in [-0.2, -0.15) is 0 Å². The minimum Gasteiger partial charge on any atom is -0.481 e. The molecule has 0 aromatic rings. The summed E-state index contributed by atoms with van der Waals surface area (Å²) in [6.45, 7) is 4.59. The zero-order chi connectivity index (χ0) is 12.4. The fraction of sp³-hybridized carbons (Fsp3) is 0.800.